The first kappa shape index (κ1) is 14.8. The van der Waals surface area contributed by atoms with Crippen molar-refractivity contribution in [3.63, 3.8) is 0 Å². The molecule has 0 spiro atoms. The fourth-order valence-corrected chi connectivity index (χ4v) is 2.89. The molecule has 106 valence electrons. The van der Waals surface area contributed by atoms with Crippen LogP contribution in [0.25, 0.3) is 0 Å². The number of halogens is 1. The number of nitrogens with one attached hydrogen (secondary N) is 1. The summed E-state index contributed by atoms with van der Waals surface area (Å²) in [6, 6.07) is 8.67. The van der Waals surface area contributed by atoms with E-state index >= 15 is 0 Å². The number of likely N-dealkylation sites (N-methyl/N-ethyl adjacent to an activating group) is 1. The van der Waals surface area contributed by atoms with Gasteiger partial charge in [-0.25, -0.2) is 0 Å². The Bertz CT molecular complexity index is 411. The van der Waals surface area contributed by atoms with Crippen LogP contribution in [-0.2, 0) is 4.74 Å². The molecule has 2 atom stereocenters. The smallest absolute Gasteiger partial charge is 0.0897 e. The molecule has 0 bridgehead atoms. The van der Waals surface area contributed by atoms with E-state index in [-0.39, 0.29) is 12.1 Å². The minimum Gasteiger partial charge on any atom is -0.374 e. The number of nitrogens with zero attached hydrogens (tertiary/aromatic N) is 1. The Kier molecular flexibility index (Phi) is 5.22. The van der Waals surface area contributed by atoms with Crippen molar-refractivity contribution >= 4 is 11.6 Å². The van der Waals surface area contributed by atoms with E-state index in [2.05, 4.69) is 30.1 Å². The van der Waals surface area contributed by atoms with Gasteiger partial charge in [-0.15, -0.1) is 0 Å². The molecule has 1 N–H and O–H groups in total. The highest BCUT2D eigenvalue weighted by Crippen LogP contribution is 2.28. The highest BCUT2D eigenvalue weighted by atomic mass is 35.5. The third-order valence-electron chi connectivity index (χ3n) is 3.78. The van der Waals surface area contributed by atoms with Crippen LogP contribution in [0.2, 0.25) is 5.02 Å². The summed E-state index contributed by atoms with van der Waals surface area (Å²) in [6.45, 7) is 7.19. The maximum absolute atomic E-state index is 6.31. The van der Waals surface area contributed by atoms with Gasteiger partial charge in [0.15, 0.2) is 0 Å². The van der Waals surface area contributed by atoms with Gasteiger partial charge in [-0.1, -0.05) is 29.8 Å². The molecule has 1 aliphatic rings. The van der Waals surface area contributed by atoms with Crippen molar-refractivity contribution in [3.05, 3.63) is 34.9 Å². The Hall–Kier alpha value is -0.610. The molecule has 1 saturated heterocycles. The Morgan fingerprint density at radius 3 is 2.74 bits per heavy atom. The standard InChI is InChI=1S/C15H23ClN2O/c1-11(2)18-8-9-19-14(10-18)15(17-3)12-6-4-5-7-13(12)16/h4-7,11,14-15,17H,8-10H2,1-3H3. The zero-order valence-electron chi connectivity index (χ0n) is 11.9. The minimum absolute atomic E-state index is 0.134. The molecule has 0 saturated carbocycles. The monoisotopic (exact) mass is 282 g/mol. The zero-order chi connectivity index (χ0) is 13.8. The summed E-state index contributed by atoms with van der Waals surface area (Å²) in [5, 5.41) is 4.15. The molecule has 2 unspecified atom stereocenters. The van der Waals surface area contributed by atoms with Crippen LogP contribution in [-0.4, -0.2) is 43.8 Å². The highest BCUT2D eigenvalue weighted by Gasteiger charge is 2.30. The first-order valence-corrected chi connectivity index (χ1v) is 7.28. The van der Waals surface area contributed by atoms with Crippen LogP contribution in [0.3, 0.4) is 0 Å². The normalized spacial score (nSPS) is 22.7. The van der Waals surface area contributed by atoms with Gasteiger partial charge in [0.25, 0.3) is 0 Å². The average Bonchev–Trinajstić information content (AvgIpc) is 2.42. The molecule has 0 radical (unpaired) electrons. The van der Waals surface area contributed by atoms with E-state index in [9.17, 15) is 0 Å². The van der Waals surface area contributed by atoms with Gasteiger partial charge in [-0.3, -0.25) is 4.90 Å². The van der Waals surface area contributed by atoms with Crippen LogP contribution in [0.15, 0.2) is 24.3 Å². The predicted octanol–water partition coefficient (Wildman–Crippen LogP) is 2.71. The SMILES string of the molecule is CNC(c1ccccc1Cl)C1CN(C(C)C)CCO1. The summed E-state index contributed by atoms with van der Waals surface area (Å²) in [7, 11) is 1.96. The summed E-state index contributed by atoms with van der Waals surface area (Å²) in [6.07, 6.45) is 0.140. The molecule has 0 amide bonds. The molecule has 1 fully saturated rings. The van der Waals surface area contributed by atoms with Crippen LogP contribution in [0, 0.1) is 0 Å². The molecule has 0 aromatic heterocycles. The molecular weight excluding hydrogens is 260 g/mol. The van der Waals surface area contributed by atoms with Crippen molar-refractivity contribution in [2.45, 2.75) is 32.0 Å². The Labute approximate surface area is 120 Å². The van der Waals surface area contributed by atoms with Crippen LogP contribution in [0.1, 0.15) is 25.5 Å². The second-order valence-corrected chi connectivity index (χ2v) is 5.69. The van der Waals surface area contributed by atoms with Crippen LogP contribution < -0.4 is 5.32 Å². The zero-order valence-corrected chi connectivity index (χ0v) is 12.7. The fourth-order valence-electron chi connectivity index (χ4n) is 2.64. The molecule has 0 aliphatic carbocycles. The Balaban J connectivity index is 2.16. The van der Waals surface area contributed by atoms with Gasteiger partial charge in [-0.2, -0.15) is 0 Å². The molecule has 1 aliphatic heterocycles. The van der Waals surface area contributed by atoms with E-state index in [0.29, 0.717) is 6.04 Å². The molecule has 1 heterocycles. The molecule has 2 rings (SSSR count). The average molecular weight is 283 g/mol. The highest BCUT2D eigenvalue weighted by molar-refractivity contribution is 6.31. The van der Waals surface area contributed by atoms with Gasteiger partial charge < -0.3 is 10.1 Å². The molecule has 4 heteroatoms. The largest absolute Gasteiger partial charge is 0.374 e. The second-order valence-electron chi connectivity index (χ2n) is 5.29. The molecule has 1 aromatic rings. The van der Waals surface area contributed by atoms with Crippen molar-refractivity contribution in [1.82, 2.24) is 10.2 Å². The van der Waals surface area contributed by atoms with Crippen molar-refractivity contribution < 1.29 is 4.74 Å². The van der Waals surface area contributed by atoms with Gasteiger partial charge in [0.2, 0.25) is 0 Å². The summed E-state index contributed by atoms with van der Waals surface area (Å²) in [5.41, 5.74) is 1.11. The van der Waals surface area contributed by atoms with Crippen LogP contribution >= 0.6 is 11.6 Å². The summed E-state index contributed by atoms with van der Waals surface area (Å²) in [4.78, 5) is 2.45. The van der Waals surface area contributed by atoms with Gasteiger partial charge in [0.05, 0.1) is 18.8 Å². The quantitative estimate of drug-likeness (QED) is 0.919. The first-order valence-electron chi connectivity index (χ1n) is 6.90. The van der Waals surface area contributed by atoms with E-state index in [4.69, 9.17) is 16.3 Å². The van der Waals surface area contributed by atoms with Gasteiger partial charge >= 0.3 is 0 Å². The Morgan fingerprint density at radius 1 is 1.37 bits per heavy atom. The number of morpholine rings is 1. The van der Waals surface area contributed by atoms with Crippen molar-refractivity contribution in [1.29, 1.82) is 0 Å². The number of rotatable bonds is 4. The lowest BCUT2D eigenvalue weighted by Gasteiger charge is -2.39. The molecule has 1 aromatic carbocycles. The van der Waals surface area contributed by atoms with Crippen LogP contribution in [0.5, 0.6) is 0 Å². The molecule has 19 heavy (non-hydrogen) atoms. The van der Waals surface area contributed by atoms with Crippen LogP contribution in [0.4, 0.5) is 0 Å². The number of ether oxygens (including phenoxy) is 1. The number of benzene rings is 1. The van der Waals surface area contributed by atoms with Crippen molar-refractivity contribution in [3.8, 4) is 0 Å². The van der Waals surface area contributed by atoms with Crippen molar-refractivity contribution in [2.24, 2.45) is 0 Å². The summed E-state index contributed by atoms with van der Waals surface area (Å²) < 4.78 is 5.96. The third-order valence-corrected chi connectivity index (χ3v) is 4.12. The lowest BCUT2D eigenvalue weighted by Crippen LogP contribution is -2.49. The maximum atomic E-state index is 6.31. The third kappa shape index (κ3) is 3.48. The fraction of sp³-hybridized carbons (Fsp3) is 0.600. The van der Waals surface area contributed by atoms with Gasteiger partial charge in [0.1, 0.15) is 0 Å². The lowest BCUT2D eigenvalue weighted by molar-refractivity contribution is -0.0550. The first-order chi connectivity index (χ1) is 9.13. The van der Waals surface area contributed by atoms with Crippen molar-refractivity contribution in [2.75, 3.05) is 26.7 Å². The van der Waals surface area contributed by atoms with E-state index in [1.165, 1.54) is 0 Å². The topological polar surface area (TPSA) is 24.5 Å². The Morgan fingerprint density at radius 2 is 2.11 bits per heavy atom. The number of hydrogen-bond donors (Lipinski definition) is 1. The lowest BCUT2D eigenvalue weighted by atomic mass is 9.99. The van der Waals surface area contributed by atoms with E-state index in [0.717, 1.165) is 30.3 Å². The van der Waals surface area contributed by atoms with E-state index < -0.39 is 0 Å². The van der Waals surface area contributed by atoms with E-state index in [1.54, 1.807) is 0 Å². The predicted molar refractivity (Wildman–Crippen MR) is 79.7 cm³/mol. The maximum Gasteiger partial charge on any atom is 0.0897 e. The minimum atomic E-state index is 0.134. The summed E-state index contributed by atoms with van der Waals surface area (Å²) >= 11 is 6.31. The second kappa shape index (κ2) is 6.71. The number of hydrogen-bond acceptors (Lipinski definition) is 3. The molecular formula is C15H23ClN2O. The molecule has 3 nitrogen and oxygen atoms in total. The van der Waals surface area contributed by atoms with Gasteiger partial charge in [-0.05, 0) is 32.5 Å². The van der Waals surface area contributed by atoms with Gasteiger partial charge in [0, 0.05) is 24.2 Å². The van der Waals surface area contributed by atoms with E-state index in [1.807, 2.05) is 25.2 Å². The summed E-state index contributed by atoms with van der Waals surface area (Å²) in [5.74, 6) is 0.